The number of carboxylic acids is 1. The van der Waals surface area contributed by atoms with Crippen LogP contribution in [0.4, 0.5) is 5.69 Å². The number of nitro benzene ring substituents is 1. The monoisotopic (exact) mass is 209 g/mol. The molecule has 0 bridgehead atoms. The Kier molecular flexibility index (Phi) is 3.38. The lowest BCUT2D eigenvalue weighted by Crippen LogP contribution is -2.02. The van der Waals surface area contributed by atoms with Crippen molar-refractivity contribution < 1.29 is 14.8 Å². The highest BCUT2D eigenvalue weighted by atomic mass is 16.6. The number of rotatable bonds is 4. The van der Waals surface area contributed by atoms with Crippen molar-refractivity contribution in [2.45, 2.75) is 19.8 Å². The van der Waals surface area contributed by atoms with E-state index >= 15 is 0 Å². The molecule has 0 saturated heterocycles. The van der Waals surface area contributed by atoms with Crippen LogP contribution in [-0.2, 0) is 11.2 Å². The molecule has 0 amide bonds. The minimum atomic E-state index is -0.951. The van der Waals surface area contributed by atoms with Crippen LogP contribution in [-0.4, -0.2) is 16.0 Å². The van der Waals surface area contributed by atoms with Gasteiger partial charge >= 0.3 is 5.97 Å². The number of hydrogen-bond donors (Lipinski definition) is 1. The number of nitro groups is 1. The molecule has 0 fully saturated rings. The van der Waals surface area contributed by atoms with Crippen molar-refractivity contribution in [2.75, 3.05) is 0 Å². The number of carbonyl (C=O) groups is 1. The summed E-state index contributed by atoms with van der Waals surface area (Å²) in [4.78, 5) is 20.6. The van der Waals surface area contributed by atoms with Crippen molar-refractivity contribution >= 4 is 11.7 Å². The van der Waals surface area contributed by atoms with Gasteiger partial charge in [0.15, 0.2) is 0 Å². The first-order chi connectivity index (χ1) is 7.02. The molecule has 5 nitrogen and oxygen atoms in total. The van der Waals surface area contributed by atoms with Gasteiger partial charge in [-0.3, -0.25) is 14.9 Å². The van der Waals surface area contributed by atoms with Crippen LogP contribution in [0.25, 0.3) is 0 Å². The van der Waals surface area contributed by atoms with Gasteiger partial charge in [-0.05, 0) is 18.9 Å². The number of carboxylic acid groups (broad SMARTS) is 1. The fraction of sp³-hybridized carbons (Fsp3) is 0.300. The van der Waals surface area contributed by atoms with E-state index in [1.54, 1.807) is 19.1 Å². The van der Waals surface area contributed by atoms with Crippen molar-refractivity contribution in [1.82, 2.24) is 0 Å². The molecule has 1 rings (SSSR count). The molecule has 15 heavy (non-hydrogen) atoms. The van der Waals surface area contributed by atoms with Crippen LogP contribution in [0.2, 0.25) is 0 Å². The summed E-state index contributed by atoms with van der Waals surface area (Å²) in [6.45, 7) is 1.74. The van der Waals surface area contributed by atoms with Gasteiger partial charge in [-0.25, -0.2) is 0 Å². The summed E-state index contributed by atoms with van der Waals surface area (Å²) in [5.74, 6) is -0.951. The third kappa shape index (κ3) is 2.77. The van der Waals surface area contributed by atoms with Gasteiger partial charge in [0.2, 0.25) is 0 Å². The number of benzene rings is 1. The van der Waals surface area contributed by atoms with Crippen molar-refractivity contribution in [3.05, 3.63) is 39.4 Å². The summed E-state index contributed by atoms with van der Waals surface area (Å²) in [6.07, 6.45) is 0.101. The first-order valence-electron chi connectivity index (χ1n) is 4.47. The smallest absolute Gasteiger partial charge is 0.303 e. The molecule has 0 aliphatic heterocycles. The van der Waals surface area contributed by atoms with E-state index in [0.717, 1.165) is 5.56 Å². The molecule has 0 heterocycles. The molecule has 0 radical (unpaired) electrons. The first-order valence-corrected chi connectivity index (χ1v) is 4.47. The minimum Gasteiger partial charge on any atom is -0.481 e. The highest BCUT2D eigenvalue weighted by molar-refractivity contribution is 5.67. The molecular formula is C10H11NO4. The molecule has 80 valence electrons. The highest BCUT2D eigenvalue weighted by Gasteiger charge is 2.15. The van der Waals surface area contributed by atoms with Crippen molar-refractivity contribution in [3.63, 3.8) is 0 Å². The van der Waals surface area contributed by atoms with E-state index in [1.165, 1.54) is 6.07 Å². The standard InChI is InChI=1S/C10H11NO4/c1-7-3-2-4-9(11(14)15)8(7)5-6-10(12)13/h2-4H,5-6H2,1H3,(H,12,13). The summed E-state index contributed by atoms with van der Waals surface area (Å²) < 4.78 is 0. The largest absolute Gasteiger partial charge is 0.481 e. The second-order valence-corrected chi connectivity index (χ2v) is 3.22. The Bertz CT molecular complexity index is 400. The summed E-state index contributed by atoms with van der Waals surface area (Å²) in [7, 11) is 0. The summed E-state index contributed by atoms with van der Waals surface area (Å²) in [5.41, 5.74) is 1.26. The summed E-state index contributed by atoms with van der Waals surface area (Å²) >= 11 is 0. The van der Waals surface area contributed by atoms with Crippen LogP contribution in [0.1, 0.15) is 17.5 Å². The van der Waals surface area contributed by atoms with E-state index in [-0.39, 0.29) is 18.5 Å². The topological polar surface area (TPSA) is 80.4 Å². The molecule has 0 aliphatic rings. The van der Waals surface area contributed by atoms with E-state index < -0.39 is 10.9 Å². The molecule has 0 spiro atoms. The van der Waals surface area contributed by atoms with Gasteiger partial charge in [0, 0.05) is 18.1 Å². The number of aliphatic carboxylic acids is 1. The van der Waals surface area contributed by atoms with Crippen molar-refractivity contribution in [1.29, 1.82) is 0 Å². The lowest BCUT2D eigenvalue weighted by molar-refractivity contribution is -0.385. The SMILES string of the molecule is Cc1cccc([N+](=O)[O-])c1CCC(=O)O. The minimum absolute atomic E-state index is 0.00347. The Hall–Kier alpha value is -1.91. The lowest BCUT2D eigenvalue weighted by Gasteiger charge is -2.04. The van der Waals surface area contributed by atoms with Gasteiger partial charge in [0.1, 0.15) is 0 Å². The molecule has 5 heteroatoms. The predicted molar refractivity (Wildman–Crippen MR) is 53.8 cm³/mol. The predicted octanol–water partition coefficient (Wildman–Crippen LogP) is 1.92. The van der Waals surface area contributed by atoms with Gasteiger partial charge in [-0.1, -0.05) is 12.1 Å². The molecule has 1 aromatic rings. The number of aryl methyl sites for hydroxylation is 1. The fourth-order valence-electron chi connectivity index (χ4n) is 1.42. The third-order valence-corrected chi connectivity index (χ3v) is 2.17. The average Bonchev–Trinajstić information content (AvgIpc) is 2.15. The van der Waals surface area contributed by atoms with Gasteiger partial charge in [0.25, 0.3) is 5.69 Å². The lowest BCUT2D eigenvalue weighted by atomic mass is 10.0. The Morgan fingerprint density at radius 3 is 2.73 bits per heavy atom. The first kappa shape index (κ1) is 11.2. The summed E-state index contributed by atoms with van der Waals surface area (Å²) in [6, 6.07) is 4.73. The Morgan fingerprint density at radius 2 is 2.20 bits per heavy atom. The maximum atomic E-state index is 10.7. The van der Waals surface area contributed by atoms with Crippen LogP contribution in [0.5, 0.6) is 0 Å². The van der Waals surface area contributed by atoms with Crippen LogP contribution in [0, 0.1) is 17.0 Å². The van der Waals surface area contributed by atoms with Crippen LogP contribution in [0.15, 0.2) is 18.2 Å². The number of nitrogens with zero attached hydrogens (tertiary/aromatic N) is 1. The van der Waals surface area contributed by atoms with E-state index in [4.69, 9.17) is 5.11 Å². The van der Waals surface area contributed by atoms with Gasteiger partial charge < -0.3 is 5.11 Å². The van der Waals surface area contributed by atoms with Crippen LogP contribution < -0.4 is 0 Å². The zero-order valence-corrected chi connectivity index (χ0v) is 8.27. The Labute approximate surface area is 86.5 Å². The molecular weight excluding hydrogens is 198 g/mol. The van der Waals surface area contributed by atoms with Crippen molar-refractivity contribution in [3.8, 4) is 0 Å². The van der Waals surface area contributed by atoms with Crippen LogP contribution >= 0.6 is 0 Å². The highest BCUT2D eigenvalue weighted by Crippen LogP contribution is 2.23. The van der Waals surface area contributed by atoms with E-state index in [9.17, 15) is 14.9 Å². The number of hydrogen-bond acceptors (Lipinski definition) is 3. The fourth-order valence-corrected chi connectivity index (χ4v) is 1.42. The molecule has 0 unspecified atom stereocenters. The third-order valence-electron chi connectivity index (χ3n) is 2.17. The quantitative estimate of drug-likeness (QED) is 0.606. The van der Waals surface area contributed by atoms with E-state index in [0.29, 0.717) is 5.56 Å². The second-order valence-electron chi connectivity index (χ2n) is 3.22. The van der Waals surface area contributed by atoms with E-state index in [2.05, 4.69) is 0 Å². The molecule has 1 N–H and O–H groups in total. The van der Waals surface area contributed by atoms with Gasteiger partial charge in [-0.15, -0.1) is 0 Å². The van der Waals surface area contributed by atoms with Gasteiger partial charge in [0.05, 0.1) is 4.92 Å². The summed E-state index contributed by atoms with van der Waals surface area (Å²) in [5, 5.41) is 19.2. The maximum absolute atomic E-state index is 10.7. The Morgan fingerprint density at radius 1 is 1.53 bits per heavy atom. The molecule has 0 aromatic heterocycles. The zero-order valence-electron chi connectivity index (χ0n) is 8.27. The molecule has 1 aromatic carbocycles. The van der Waals surface area contributed by atoms with Gasteiger partial charge in [-0.2, -0.15) is 0 Å². The normalized spacial score (nSPS) is 9.93. The second kappa shape index (κ2) is 4.54. The molecule has 0 saturated carbocycles. The molecule has 0 aliphatic carbocycles. The zero-order chi connectivity index (χ0) is 11.4. The Balaban J connectivity index is 3.02. The average molecular weight is 209 g/mol. The van der Waals surface area contributed by atoms with Crippen molar-refractivity contribution in [2.24, 2.45) is 0 Å². The maximum Gasteiger partial charge on any atom is 0.303 e. The molecule has 0 atom stereocenters. The van der Waals surface area contributed by atoms with E-state index in [1.807, 2.05) is 0 Å². The van der Waals surface area contributed by atoms with Crippen LogP contribution in [0.3, 0.4) is 0 Å².